The predicted molar refractivity (Wildman–Crippen MR) is 89.2 cm³/mol. The minimum atomic E-state index is -4.67. The lowest BCUT2D eigenvalue weighted by Gasteiger charge is -2.02. The molecule has 0 radical (unpaired) electrons. The Kier molecular flexibility index (Phi) is 3.69. The molecular weight excluding hydrogens is 318 g/mol. The number of phenolic OH excluding ortho intramolecular Hbond substituents is 1. The molecule has 0 amide bonds. The number of nitrogens with one attached hydrogen (secondary N) is 1. The van der Waals surface area contributed by atoms with Crippen LogP contribution in [0.4, 0.5) is 0 Å². The molecule has 1 aromatic heterocycles. The van der Waals surface area contributed by atoms with Crippen LogP contribution in [0.1, 0.15) is 0 Å². The third kappa shape index (κ3) is 3.11. The first-order valence-electron chi connectivity index (χ1n) is 6.65. The lowest BCUT2D eigenvalue weighted by Crippen LogP contribution is -1.89. The summed E-state index contributed by atoms with van der Waals surface area (Å²) in [6.07, 6.45) is 0. The van der Waals surface area contributed by atoms with Crippen molar-refractivity contribution in [3.63, 3.8) is 0 Å². The number of phenols is 1. The molecule has 4 rings (SSSR count). The number of benzene rings is 3. The second-order valence-electron chi connectivity index (χ2n) is 4.98. The highest BCUT2D eigenvalue weighted by Gasteiger charge is 2.09. The summed E-state index contributed by atoms with van der Waals surface area (Å²) in [5.41, 5.74) is 2.11. The number of fused-ring (bicyclic) bond motifs is 5. The van der Waals surface area contributed by atoms with Crippen molar-refractivity contribution in [2.24, 2.45) is 0 Å². The fraction of sp³-hybridized carbons (Fsp3) is 0. The van der Waals surface area contributed by atoms with Gasteiger partial charge in [-0.3, -0.25) is 9.11 Å². The average Bonchev–Trinajstić information content (AvgIpc) is 2.84. The van der Waals surface area contributed by atoms with Crippen LogP contribution in [0.5, 0.6) is 5.75 Å². The van der Waals surface area contributed by atoms with Crippen LogP contribution in [0.15, 0.2) is 54.6 Å². The van der Waals surface area contributed by atoms with Crippen molar-refractivity contribution in [1.82, 2.24) is 4.98 Å². The molecule has 0 aliphatic carbocycles. The van der Waals surface area contributed by atoms with Crippen molar-refractivity contribution in [3.8, 4) is 5.75 Å². The maximum Gasteiger partial charge on any atom is 0.394 e. The van der Waals surface area contributed by atoms with E-state index in [4.69, 9.17) is 17.5 Å². The van der Waals surface area contributed by atoms with Gasteiger partial charge in [0.15, 0.2) is 0 Å². The van der Waals surface area contributed by atoms with Crippen molar-refractivity contribution in [3.05, 3.63) is 54.6 Å². The summed E-state index contributed by atoms with van der Waals surface area (Å²) in [6.45, 7) is 0. The molecule has 23 heavy (non-hydrogen) atoms. The Labute approximate surface area is 131 Å². The summed E-state index contributed by atoms with van der Waals surface area (Å²) in [5, 5.41) is 14.4. The summed E-state index contributed by atoms with van der Waals surface area (Å²) in [7, 11) is -4.67. The van der Waals surface area contributed by atoms with Gasteiger partial charge in [-0.15, -0.1) is 0 Å². The Bertz CT molecular complexity index is 1110. The highest BCUT2D eigenvalue weighted by atomic mass is 32.3. The maximum absolute atomic E-state index is 10.1. The zero-order valence-electron chi connectivity index (χ0n) is 11.8. The molecule has 0 saturated heterocycles. The summed E-state index contributed by atoms with van der Waals surface area (Å²) >= 11 is 0. The molecule has 0 bridgehead atoms. The maximum atomic E-state index is 10.1. The molecule has 7 heteroatoms. The average molecular weight is 331 g/mol. The highest BCUT2D eigenvalue weighted by molar-refractivity contribution is 7.79. The monoisotopic (exact) mass is 331 g/mol. The molecule has 1 heterocycles. The summed E-state index contributed by atoms with van der Waals surface area (Å²) in [6, 6.07) is 18.0. The second-order valence-corrected chi connectivity index (χ2v) is 5.88. The molecule has 3 aromatic carbocycles. The van der Waals surface area contributed by atoms with E-state index in [2.05, 4.69) is 29.2 Å². The number of aromatic amines is 1. The van der Waals surface area contributed by atoms with Crippen LogP contribution in [0.25, 0.3) is 32.6 Å². The van der Waals surface area contributed by atoms with Crippen molar-refractivity contribution in [2.45, 2.75) is 0 Å². The lowest BCUT2D eigenvalue weighted by molar-refractivity contribution is 0.381. The minimum absolute atomic E-state index is 0.324. The van der Waals surface area contributed by atoms with Gasteiger partial charge in [0.1, 0.15) is 5.75 Å². The number of hydrogen-bond acceptors (Lipinski definition) is 3. The van der Waals surface area contributed by atoms with E-state index in [0.717, 1.165) is 27.2 Å². The minimum Gasteiger partial charge on any atom is -0.507 e. The summed E-state index contributed by atoms with van der Waals surface area (Å²) < 4.78 is 31.6. The largest absolute Gasteiger partial charge is 0.507 e. The second kappa shape index (κ2) is 5.54. The molecule has 0 atom stereocenters. The van der Waals surface area contributed by atoms with Crippen LogP contribution < -0.4 is 0 Å². The molecule has 4 N–H and O–H groups in total. The Balaban J connectivity index is 0.000000276. The molecule has 0 spiro atoms. The van der Waals surface area contributed by atoms with E-state index in [1.54, 1.807) is 6.07 Å². The molecule has 0 aliphatic rings. The van der Waals surface area contributed by atoms with Gasteiger partial charge in [0.25, 0.3) is 0 Å². The molecule has 118 valence electrons. The van der Waals surface area contributed by atoms with Gasteiger partial charge in [0, 0.05) is 21.7 Å². The first-order valence-corrected chi connectivity index (χ1v) is 8.05. The van der Waals surface area contributed by atoms with E-state index in [1.807, 2.05) is 24.3 Å². The fourth-order valence-corrected chi connectivity index (χ4v) is 2.68. The summed E-state index contributed by atoms with van der Waals surface area (Å²) in [4.78, 5) is 3.40. The number of rotatable bonds is 0. The van der Waals surface area contributed by atoms with Gasteiger partial charge in [-0.2, -0.15) is 8.42 Å². The Morgan fingerprint density at radius 1 is 0.826 bits per heavy atom. The molecular formula is C16H13NO5S. The molecule has 0 saturated carbocycles. The van der Waals surface area contributed by atoms with Gasteiger partial charge in [-0.05, 0) is 17.5 Å². The summed E-state index contributed by atoms with van der Waals surface area (Å²) in [5.74, 6) is 0.324. The topological polar surface area (TPSA) is 111 Å². The van der Waals surface area contributed by atoms with E-state index >= 15 is 0 Å². The molecule has 0 unspecified atom stereocenters. The highest BCUT2D eigenvalue weighted by Crippen LogP contribution is 2.35. The Morgan fingerprint density at radius 3 is 2.26 bits per heavy atom. The normalized spacial score (nSPS) is 11.6. The van der Waals surface area contributed by atoms with Crippen molar-refractivity contribution in [1.29, 1.82) is 0 Å². The number of aromatic hydroxyl groups is 1. The fourth-order valence-electron chi connectivity index (χ4n) is 2.68. The quantitative estimate of drug-likeness (QED) is 0.368. The lowest BCUT2D eigenvalue weighted by atomic mass is 10.1. The van der Waals surface area contributed by atoms with Crippen molar-refractivity contribution < 1.29 is 22.6 Å². The SMILES string of the molecule is O=S(=O)(O)O.Oc1cccc2ccc3c4ccccc4[nH]c3c12. The number of aromatic nitrogens is 1. The van der Waals surface area contributed by atoms with Crippen LogP contribution >= 0.6 is 0 Å². The smallest absolute Gasteiger partial charge is 0.394 e. The van der Waals surface area contributed by atoms with Crippen molar-refractivity contribution in [2.75, 3.05) is 0 Å². The van der Waals surface area contributed by atoms with Gasteiger partial charge < -0.3 is 10.1 Å². The van der Waals surface area contributed by atoms with Gasteiger partial charge in [-0.25, -0.2) is 0 Å². The standard InChI is InChI=1S/C16H11NO.H2O4S/c18-14-7-3-4-10-8-9-12-11-5-1-2-6-13(11)17-16(12)15(10)14;1-5(2,3)4/h1-9,17-18H;(H2,1,2,3,4). The van der Waals surface area contributed by atoms with Gasteiger partial charge >= 0.3 is 10.4 Å². The predicted octanol–water partition coefficient (Wildman–Crippen LogP) is 3.53. The van der Waals surface area contributed by atoms with Gasteiger partial charge in [0.2, 0.25) is 0 Å². The van der Waals surface area contributed by atoms with E-state index in [-0.39, 0.29) is 0 Å². The Hall–Kier alpha value is -2.61. The van der Waals surface area contributed by atoms with Crippen LogP contribution in [-0.4, -0.2) is 27.6 Å². The molecule has 4 aromatic rings. The Morgan fingerprint density at radius 2 is 1.52 bits per heavy atom. The zero-order chi connectivity index (χ0) is 16.6. The van der Waals surface area contributed by atoms with Crippen LogP contribution in [-0.2, 0) is 10.4 Å². The van der Waals surface area contributed by atoms with Crippen LogP contribution in [0, 0.1) is 0 Å². The molecule has 0 aliphatic heterocycles. The third-order valence-electron chi connectivity index (χ3n) is 3.50. The van der Waals surface area contributed by atoms with Gasteiger partial charge in [0.05, 0.1) is 5.52 Å². The van der Waals surface area contributed by atoms with E-state index in [1.165, 1.54) is 5.39 Å². The van der Waals surface area contributed by atoms with E-state index in [0.29, 0.717) is 5.75 Å². The van der Waals surface area contributed by atoms with Gasteiger partial charge in [-0.1, -0.05) is 42.5 Å². The van der Waals surface area contributed by atoms with E-state index in [9.17, 15) is 5.11 Å². The first kappa shape index (κ1) is 15.3. The molecule has 0 fully saturated rings. The number of hydrogen-bond donors (Lipinski definition) is 4. The third-order valence-corrected chi connectivity index (χ3v) is 3.50. The van der Waals surface area contributed by atoms with Crippen LogP contribution in [0.2, 0.25) is 0 Å². The van der Waals surface area contributed by atoms with Crippen molar-refractivity contribution >= 4 is 43.0 Å². The van der Waals surface area contributed by atoms with E-state index < -0.39 is 10.4 Å². The van der Waals surface area contributed by atoms with Crippen LogP contribution in [0.3, 0.4) is 0 Å². The number of para-hydroxylation sites is 1. The molecule has 6 nitrogen and oxygen atoms in total. The zero-order valence-corrected chi connectivity index (χ0v) is 12.6. The first-order chi connectivity index (χ1) is 10.8. The number of H-pyrrole nitrogens is 1.